The lowest BCUT2D eigenvalue weighted by Gasteiger charge is -2.19. The van der Waals surface area contributed by atoms with E-state index in [1.54, 1.807) is 0 Å². The fraction of sp³-hybridized carbons (Fsp3) is 0.579. The van der Waals surface area contributed by atoms with Gasteiger partial charge < -0.3 is 21.1 Å². The Morgan fingerprint density at radius 2 is 1.88 bits per heavy atom. The van der Waals surface area contributed by atoms with Crippen molar-refractivity contribution in [1.29, 1.82) is 0 Å². The molecule has 4 N–H and O–H groups in total. The first-order valence-electron chi connectivity index (χ1n) is 8.64. The minimum Gasteiger partial charge on any atom is -0.492 e. The number of carbonyl (C=O) groups excluding carboxylic acids is 2. The number of carbonyl (C=O) groups is 2. The van der Waals surface area contributed by atoms with Crippen LogP contribution < -0.4 is 21.1 Å². The van der Waals surface area contributed by atoms with Crippen LogP contribution in [0.5, 0.6) is 5.75 Å². The van der Waals surface area contributed by atoms with Gasteiger partial charge in [0.15, 0.2) is 0 Å². The summed E-state index contributed by atoms with van der Waals surface area (Å²) in [5.41, 5.74) is 6.96. The standard InChI is InChI=1S/C19H31N3O3/c1-13(2)17(20)18(24)22-12-16(23)21-9-10-25-15-8-6-7-14(11-15)19(3,4)5/h6-8,11,13,17H,9-10,12,20H2,1-5H3,(H,21,23)(H,22,24)/t17-/m0/s1. The lowest BCUT2D eigenvalue weighted by atomic mass is 9.87. The molecular weight excluding hydrogens is 318 g/mol. The SMILES string of the molecule is CC(C)[C@H](N)C(=O)NCC(=O)NCCOc1cccc(C(C)(C)C)c1. The van der Waals surface area contributed by atoms with Gasteiger partial charge in [0.05, 0.1) is 19.1 Å². The van der Waals surface area contributed by atoms with Crippen molar-refractivity contribution in [3.05, 3.63) is 29.8 Å². The fourth-order valence-electron chi connectivity index (χ4n) is 2.06. The monoisotopic (exact) mass is 349 g/mol. The number of nitrogens with one attached hydrogen (secondary N) is 2. The molecule has 0 aliphatic carbocycles. The van der Waals surface area contributed by atoms with E-state index < -0.39 is 6.04 Å². The lowest BCUT2D eigenvalue weighted by molar-refractivity contribution is -0.127. The van der Waals surface area contributed by atoms with Gasteiger partial charge in [0.25, 0.3) is 0 Å². The number of hydrogen-bond donors (Lipinski definition) is 3. The summed E-state index contributed by atoms with van der Waals surface area (Å²) >= 11 is 0. The molecule has 25 heavy (non-hydrogen) atoms. The molecule has 2 amide bonds. The molecule has 1 rings (SSSR count). The molecule has 0 aliphatic rings. The van der Waals surface area contributed by atoms with Crippen LogP contribution >= 0.6 is 0 Å². The van der Waals surface area contributed by atoms with Gasteiger partial charge in [0.2, 0.25) is 11.8 Å². The number of benzene rings is 1. The third-order valence-electron chi connectivity index (χ3n) is 3.84. The van der Waals surface area contributed by atoms with E-state index in [0.717, 1.165) is 5.75 Å². The molecule has 1 atom stereocenters. The fourth-order valence-corrected chi connectivity index (χ4v) is 2.06. The molecule has 0 unspecified atom stereocenters. The Labute approximate surface area is 150 Å². The predicted molar refractivity (Wildman–Crippen MR) is 99.5 cm³/mol. The van der Waals surface area contributed by atoms with Gasteiger partial charge >= 0.3 is 0 Å². The maximum absolute atomic E-state index is 11.7. The molecule has 0 spiro atoms. The van der Waals surface area contributed by atoms with Crippen LogP contribution in [0, 0.1) is 5.92 Å². The highest BCUT2D eigenvalue weighted by molar-refractivity contribution is 5.87. The van der Waals surface area contributed by atoms with Crippen LogP contribution in [0.4, 0.5) is 0 Å². The van der Waals surface area contributed by atoms with Crippen molar-refractivity contribution in [3.8, 4) is 5.75 Å². The van der Waals surface area contributed by atoms with E-state index in [-0.39, 0.29) is 29.7 Å². The minimum absolute atomic E-state index is 0.0281. The van der Waals surface area contributed by atoms with Crippen LogP contribution in [0.3, 0.4) is 0 Å². The maximum Gasteiger partial charge on any atom is 0.239 e. The van der Waals surface area contributed by atoms with E-state index in [2.05, 4.69) is 37.5 Å². The smallest absolute Gasteiger partial charge is 0.239 e. The first-order valence-corrected chi connectivity index (χ1v) is 8.64. The normalized spacial score (nSPS) is 12.6. The topological polar surface area (TPSA) is 93.5 Å². The predicted octanol–water partition coefficient (Wildman–Crippen LogP) is 1.58. The summed E-state index contributed by atoms with van der Waals surface area (Å²) in [7, 11) is 0. The zero-order valence-electron chi connectivity index (χ0n) is 15.9. The Morgan fingerprint density at radius 1 is 1.20 bits per heavy atom. The highest BCUT2D eigenvalue weighted by Crippen LogP contribution is 2.25. The molecule has 6 nitrogen and oxygen atoms in total. The number of nitrogens with two attached hydrogens (primary N) is 1. The molecule has 0 bridgehead atoms. The second-order valence-electron chi connectivity index (χ2n) is 7.46. The average molecular weight is 349 g/mol. The van der Waals surface area contributed by atoms with Gasteiger partial charge in [-0.05, 0) is 29.0 Å². The molecule has 1 aromatic carbocycles. The van der Waals surface area contributed by atoms with Crippen molar-refractivity contribution in [3.63, 3.8) is 0 Å². The quantitative estimate of drug-likeness (QED) is 0.621. The van der Waals surface area contributed by atoms with Crippen molar-refractivity contribution in [2.45, 2.75) is 46.1 Å². The molecule has 6 heteroatoms. The molecule has 0 saturated carbocycles. The van der Waals surface area contributed by atoms with Crippen molar-refractivity contribution in [2.24, 2.45) is 11.7 Å². The van der Waals surface area contributed by atoms with E-state index in [4.69, 9.17) is 10.5 Å². The Balaban J connectivity index is 2.29. The van der Waals surface area contributed by atoms with Gasteiger partial charge in [-0.15, -0.1) is 0 Å². The van der Waals surface area contributed by atoms with Gasteiger partial charge in [-0.2, -0.15) is 0 Å². The Hall–Kier alpha value is -2.08. The Bertz CT molecular complexity index is 580. The third kappa shape index (κ3) is 7.56. The first-order chi connectivity index (χ1) is 11.6. The molecule has 0 fully saturated rings. The number of rotatable bonds is 8. The summed E-state index contributed by atoms with van der Waals surface area (Å²) in [4.78, 5) is 23.4. The highest BCUT2D eigenvalue weighted by Gasteiger charge is 2.17. The average Bonchev–Trinajstić information content (AvgIpc) is 2.55. The van der Waals surface area contributed by atoms with E-state index in [0.29, 0.717) is 13.2 Å². The molecule has 0 saturated heterocycles. The third-order valence-corrected chi connectivity index (χ3v) is 3.84. The summed E-state index contributed by atoms with van der Waals surface area (Å²) in [6, 6.07) is 7.33. The first kappa shape index (κ1) is 21.0. The van der Waals surface area contributed by atoms with E-state index in [9.17, 15) is 9.59 Å². The van der Waals surface area contributed by atoms with Crippen LogP contribution in [0.1, 0.15) is 40.2 Å². The Kier molecular flexibility index (Phi) is 7.90. The van der Waals surface area contributed by atoms with E-state index in [1.165, 1.54) is 5.56 Å². The molecule has 0 heterocycles. The van der Waals surface area contributed by atoms with E-state index in [1.807, 2.05) is 32.0 Å². The summed E-state index contributed by atoms with van der Waals surface area (Å²) < 4.78 is 5.67. The maximum atomic E-state index is 11.7. The lowest BCUT2D eigenvalue weighted by Crippen LogP contribution is -2.47. The second kappa shape index (κ2) is 9.42. The van der Waals surface area contributed by atoms with Crippen LogP contribution in [0.2, 0.25) is 0 Å². The van der Waals surface area contributed by atoms with Gasteiger partial charge in [-0.3, -0.25) is 9.59 Å². The van der Waals surface area contributed by atoms with Crippen LogP contribution in [-0.2, 0) is 15.0 Å². The van der Waals surface area contributed by atoms with Gasteiger partial charge in [-0.25, -0.2) is 0 Å². The summed E-state index contributed by atoms with van der Waals surface area (Å²) in [6.45, 7) is 10.8. The molecular formula is C19H31N3O3. The van der Waals surface area contributed by atoms with Gasteiger partial charge in [0.1, 0.15) is 12.4 Å². The molecule has 0 aliphatic heterocycles. The Morgan fingerprint density at radius 3 is 2.48 bits per heavy atom. The zero-order valence-corrected chi connectivity index (χ0v) is 15.9. The van der Waals surface area contributed by atoms with Crippen LogP contribution in [-0.4, -0.2) is 37.6 Å². The zero-order chi connectivity index (χ0) is 19.0. The van der Waals surface area contributed by atoms with E-state index >= 15 is 0 Å². The summed E-state index contributed by atoms with van der Waals surface area (Å²) in [5, 5.41) is 5.23. The van der Waals surface area contributed by atoms with Crippen molar-refractivity contribution in [1.82, 2.24) is 10.6 Å². The molecule has 0 radical (unpaired) electrons. The molecule has 140 valence electrons. The number of amides is 2. The molecule has 1 aromatic rings. The van der Waals surface area contributed by atoms with Crippen LogP contribution in [0.25, 0.3) is 0 Å². The van der Waals surface area contributed by atoms with Crippen LogP contribution in [0.15, 0.2) is 24.3 Å². The van der Waals surface area contributed by atoms with Crippen molar-refractivity contribution in [2.75, 3.05) is 19.7 Å². The largest absolute Gasteiger partial charge is 0.492 e. The van der Waals surface area contributed by atoms with Gasteiger partial charge in [-0.1, -0.05) is 46.8 Å². The minimum atomic E-state index is -0.605. The second-order valence-corrected chi connectivity index (χ2v) is 7.46. The molecule has 0 aromatic heterocycles. The summed E-state index contributed by atoms with van der Waals surface area (Å²) in [5.74, 6) is 0.218. The van der Waals surface area contributed by atoms with Gasteiger partial charge in [0, 0.05) is 0 Å². The summed E-state index contributed by atoms with van der Waals surface area (Å²) in [6.07, 6.45) is 0. The number of ether oxygens (including phenoxy) is 1. The van der Waals surface area contributed by atoms with Crippen molar-refractivity contribution >= 4 is 11.8 Å². The van der Waals surface area contributed by atoms with Crippen molar-refractivity contribution < 1.29 is 14.3 Å². The highest BCUT2D eigenvalue weighted by atomic mass is 16.5. The number of hydrogen-bond acceptors (Lipinski definition) is 4.